The number of ether oxygens (including phenoxy) is 1. The molecule has 178 valence electrons. The number of urea groups is 1. The Morgan fingerprint density at radius 2 is 1.54 bits per heavy atom. The van der Waals surface area contributed by atoms with E-state index in [2.05, 4.69) is 27.9 Å². The molecule has 1 aliphatic heterocycles. The second kappa shape index (κ2) is 10.8. The van der Waals surface area contributed by atoms with E-state index in [1.807, 2.05) is 43.3 Å². The molecule has 0 saturated carbocycles. The summed E-state index contributed by atoms with van der Waals surface area (Å²) in [4.78, 5) is 38.9. The predicted octanol–water partition coefficient (Wildman–Crippen LogP) is 6.41. The Morgan fingerprint density at radius 1 is 0.943 bits per heavy atom. The smallest absolute Gasteiger partial charge is 0.335 e. The van der Waals surface area contributed by atoms with Crippen molar-refractivity contribution in [2.75, 3.05) is 4.90 Å². The van der Waals surface area contributed by atoms with Crippen LogP contribution in [0.2, 0.25) is 10.0 Å². The summed E-state index contributed by atoms with van der Waals surface area (Å²) in [6, 6.07) is 17.1. The van der Waals surface area contributed by atoms with Crippen LogP contribution < -0.4 is 15.0 Å². The highest BCUT2D eigenvalue weighted by atomic mass is 127. The van der Waals surface area contributed by atoms with Crippen molar-refractivity contribution in [2.24, 2.45) is 0 Å². The number of halogens is 3. The highest BCUT2D eigenvalue weighted by Gasteiger charge is 2.36. The minimum Gasteiger partial charge on any atom is -0.486 e. The van der Waals surface area contributed by atoms with Crippen molar-refractivity contribution >= 4 is 75.4 Å². The van der Waals surface area contributed by atoms with E-state index < -0.39 is 17.8 Å². The van der Waals surface area contributed by atoms with Gasteiger partial charge in [0, 0.05) is 3.57 Å². The highest BCUT2D eigenvalue weighted by Crippen LogP contribution is 2.36. The van der Waals surface area contributed by atoms with Gasteiger partial charge in [-0.15, -0.1) is 0 Å². The van der Waals surface area contributed by atoms with Gasteiger partial charge in [-0.1, -0.05) is 54.4 Å². The van der Waals surface area contributed by atoms with Crippen LogP contribution in [0.4, 0.5) is 10.5 Å². The van der Waals surface area contributed by atoms with E-state index in [4.69, 9.17) is 27.9 Å². The first-order valence-electron chi connectivity index (χ1n) is 10.6. The lowest BCUT2D eigenvalue weighted by Crippen LogP contribution is -2.54. The summed E-state index contributed by atoms with van der Waals surface area (Å²) in [5.41, 5.74) is 2.56. The van der Waals surface area contributed by atoms with Crippen LogP contribution in [0.1, 0.15) is 23.6 Å². The van der Waals surface area contributed by atoms with Crippen LogP contribution in [-0.4, -0.2) is 17.8 Å². The maximum Gasteiger partial charge on any atom is 0.335 e. The molecule has 1 heterocycles. The Labute approximate surface area is 226 Å². The van der Waals surface area contributed by atoms with Crippen molar-refractivity contribution in [1.29, 1.82) is 0 Å². The van der Waals surface area contributed by atoms with E-state index in [9.17, 15) is 14.4 Å². The van der Waals surface area contributed by atoms with Gasteiger partial charge < -0.3 is 4.74 Å². The molecule has 0 unspecified atom stereocenters. The average Bonchev–Trinajstić information content (AvgIpc) is 2.82. The van der Waals surface area contributed by atoms with Crippen molar-refractivity contribution < 1.29 is 19.1 Å². The number of anilines is 1. The number of barbiturate groups is 1. The third-order valence-electron chi connectivity index (χ3n) is 5.33. The Balaban J connectivity index is 1.59. The van der Waals surface area contributed by atoms with Gasteiger partial charge in [0.1, 0.15) is 12.2 Å². The SMILES string of the molecule is CCc1ccc(N2C(=O)NC(=O)/C(=C/c3cc(Cl)c(OCc4ccc(I)cc4)c(Cl)c3)C2=O)cc1. The molecule has 3 aromatic carbocycles. The molecule has 0 aromatic heterocycles. The van der Waals surface area contributed by atoms with Crippen LogP contribution in [0.5, 0.6) is 5.75 Å². The van der Waals surface area contributed by atoms with Gasteiger partial charge in [-0.25, -0.2) is 9.69 Å². The number of carbonyl (C=O) groups is 3. The van der Waals surface area contributed by atoms with Crippen molar-refractivity contribution in [3.8, 4) is 5.75 Å². The Bertz CT molecular complexity index is 1320. The number of aryl methyl sites for hydroxylation is 1. The molecule has 1 aliphatic rings. The molecule has 1 fully saturated rings. The number of nitrogens with one attached hydrogen (secondary N) is 1. The standard InChI is InChI=1S/C26H19Cl2IN2O4/c1-2-15-5-9-19(10-6-15)31-25(33)20(24(32)30-26(31)34)11-17-12-21(27)23(22(28)13-17)35-14-16-3-7-18(29)8-4-16/h3-13H,2,14H2,1H3,(H,30,32,34)/b20-11-. The molecule has 3 aromatic rings. The number of benzene rings is 3. The van der Waals surface area contributed by atoms with Gasteiger partial charge in [0.25, 0.3) is 11.8 Å². The quantitative estimate of drug-likeness (QED) is 0.196. The van der Waals surface area contributed by atoms with Crippen LogP contribution in [0.25, 0.3) is 6.08 Å². The summed E-state index contributed by atoms with van der Waals surface area (Å²) in [6.45, 7) is 2.27. The van der Waals surface area contributed by atoms with E-state index >= 15 is 0 Å². The number of carbonyl (C=O) groups excluding carboxylic acids is 3. The van der Waals surface area contributed by atoms with Crippen LogP contribution in [0.15, 0.2) is 66.2 Å². The minimum absolute atomic E-state index is 0.219. The largest absolute Gasteiger partial charge is 0.486 e. The third kappa shape index (κ3) is 5.69. The average molecular weight is 621 g/mol. The zero-order chi connectivity index (χ0) is 25.1. The summed E-state index contributed by atoms with van der Waals surface area (Å²) in [5, 5.41) is 2.66. The normalized spacial score (nSPS) is 14.9. The lowest BCUT2D eigenvalue weighted by atomic mass is 10.1. The molecule has 35 heavy (non-hydrogen) atoms. The van der Waals surface area contributed by atoms with E-state index in [-0.39, 0.29) is 22.2 Å². The fourth-order valence-electron chi connectivity index (χ4n) is 3.48. The number of nitrogens with zero attached hydrogens (tertiary/aromatic N) is 1. The fourth-order valence-corrected chi connectivity index (χ4v) is 4.45. The van der Waals surface area contributed by atoms with Gasteiger partial charge in [-0.05, 0) is 88.2 Å². The van der Waals surface area contributed by atoms with Gasteiger partial charge in [0.2, 0.25) is 0 Å². The first-order chi connectivity index (χ1) is 16.8. The number of amides is 4. The van der Waals surface area contributed by atoms with Gasteiger partial charge in [-0.3, -0.25) is 14.9 Å². The lowest BCUT2D eigenvalue weighted by Gasteiger charge is -2.26. The molecule has 0 aliphatic carbocycles. The summed E-state index contributed by atoms with van der Waals surface area (Å²) >= 11 is 15.0. The lowest BCUT2D eigenvalue weighted by molar-refractivity contribution is -0.122. The third-order valence-corrected chi connectivity index (χ3v) is 6.61. The Kier molecular flexibility index (Phi) is 7.78. The summed E-state index contributed by atoms with van der Waals surface area (Å²) < 4.78 is 6.91. The van der Waals surface area contributed by atoms with Crippen LogP contribution in [0, 0.1) is 3.57 Å². The van der Waals surface area contributed by atoms with Crippen LogP contribution in [-0.2, 0) is 22.6 Å². The van der Waals surface area contributed by atoms with Gasteiger partial charge in [0.05, 0.1) is 15.7 Å². The summed E-state index contributed by atoms with van der Waals surface area (Å²) in [7, 11) is 0. The zero-order valence-electron chi connectivity index (χ0n) is 18.5. The number of rotatable bonds is 6. The molecule has 0 atom stereocenters. The molecule has 9 heteroatoms. The molecular formula is C26H19Cl2IN2O4. The monoisotopic (exact) mass is 620 g/mol. The number of imide groups is 2. The molecule has 1 saturated heterocycles. The summed E-state index contributed by atoms with van der Waals surface area (Å²) in [6.07, 6.45) is 2.16. The molecule has 1 N–H and O–H groups in total. The molecule has 0 radical (unpaired) electrons. The van der Waals surface area contributed by atoms with E-state index in [0.717, 1.165) is 26.0 Å². The van der Waals surface area contributed by atoms with E-state index in [0.29, 0.717) is 17.0 Å². The number of hydrogen-bond acceptors (Lipinski definition) is 4. The maximum atomic E-state index is 13.1. The van der Waals surface area contributed by atoms with Crippen molar-refractivity contribution in [1.82, 2.24) is 5.32 Å². The fraction of sp³-hybridized carbons (Fsp3) is 0.115. The summed E-state index contributed by atoms with van der Waals surface area (Å²) in [5.74, 6) is -1.25. The van der Waals surface area contributed by atoms with Crippen molar-refractivity contribution in [2.45, 2.75) is 20.0 Å². The Morgan fingerprint density at radius 3 is 2.14 bits per heavy atom. The molecule has 4 rings (SSSR count). The number of hydrogen-bond donors (Lipinski definition) is 1. The Hall–Kier alpha value is -2.88. The minimum atomic E-state index is -0.809. The highest BCUT2D eigenvalue weighted by molar-refractivity contribution is 14.1. The van der Waals surface area contributed by atoms with E-state index in [1.165, 1.54) is 6.08 Å². The van der Waals surface area contributed by atoms with Gasteiger partial charge >= 0.3 is 6.03 Å². The predicted molar refractivity (Wildman–Crippen MR) is 145 cm³/mol. The molecular weight excluding hydrogens is 602 g/mol. The topological polar surface area (TPSA) is 75.7 Å². The maximum absolute atomic E-state index is 13.1. The molecule has 0 spiro atoms. The molecule has 6 nitrogen and oxygen atoms in total. The molecule has 0 bridgehead atoms. The zero-order valence-corrected chi connectivity index (χ0v) is 22.1. The second-order valence-electron chi connectivity index (χ2n) is 7.71. The van der Waals surface area contributed by atoms with Crippen LogP contribution in [0.3, 0.4) is 0 Å². The van der Waals surface area contributed by atoms with Crippen molar-refractivity contribution in [3.05, 3.63) is 96.5 Å². The van der Waals surface area contributed by atoms with Crippen molar-refractivity contribution in [3.63, 3.8) is 0 Å². The van der Waals surface area contributed by atoms with Crippen LogP contribution >= 0.6 is 45.8 Å². The van der Waals surface area contributed by atoms with E-state index in [1.54, 1.807) is 24.3 Å². The van der Waals surface area contributed by atoms with Gasteiger partial charge in [0.15, 0.2) is 5.75 Å². The van der Waals surface area contributed by atoms with Gasteiger partial charge in [-0.2, -0.15) is 0 Å². The second-order valence-corrected chi connectivity index (χ2v) is 9.77. The first kappa shape index (κ1) is 25.2. The molecule has 4 amide bonds. The first-order valence-corrected chi connectivity index (χ1v) is 12.5.